The second kappa shape index (κ2) is 7.72. The van der Waals surface area contributed by atoms with Crippen LogP contribution in [0, 0.1) is 23.3 Å². The van der Waals surface area contributed by atoms with Crippen molar-refractivity contribution in [1.82, 2.24) is 0 Å². The van der Waals surface area contributed by atoms with Gasteiger partial charge in [0, 0.05) is 0 Å². The van der Waals surface area contributed by atoms with Crippen molar-refractivity contribution in [3.63, 3.8) is 0 Å². The van der Waals surface area contributed by atoms with Crippen molar-refractivity contribution in [2.24, 2.45) is 0 Å². The molecule has 5 aromatic rings. The fraction of sp³-hybridized carbons (Fsp3) is 0. The molecule has 0 bridgehead atoms. The molecular weight excluding hydrogens is 458 g/mol. The standard InChI is InChI=1S/C30H16B2F4/c33-27-25(31-21-13-5-1-9-17(21)18-10-2-6-14-22(18)31)26(28(34)30(36)29(27)35)32-23-15-7-3-11-19(23)20-12-4-8-16-24(20)32/h1-16H. The largest absolute Gasteiger partial charge is 0.246 e. The van der Waals surface area contributed by atoms with Crippen molar-refractivity contribution < 1.29 is 17.6 Å². The Morgan fingerprint density at radius 1 is 0.333 bits per heavy atom. The Morgan fingerprint density at radius 3 is 0.861 bits per heavy atom. The molecule has 0 radical (unpaired) electrons. The lowest BCUT2D eigenvalue weighted by molar-refractivity contribution is 0.415. The average molecular weight is 474 g/mol. The summed E-state index contributed by atoms with van der Waals surface area (Å²) < 4.78 is 61.8. The minimum Gasteiger partial charge on any atom is -0.204 e. The number of hydrogen-bond donors (Lipinski definition) is 0. The number of hydrogen-bond acceptors (Lipinski definition) is 0. The highest BCUT2D eigenvalue weighted by atomic mass is 19.2. The fourth-order valence-electron chi connectivity index (χ4n) is 6.16. The van der Waals surface area contributed by atoms with Gasteiger partial charge in [-0.2, -0.15) is 0 Å². The highest BCUT2D eigenvalue weighted by Gasteiger charge is 2.44. The van der Waals surface area contributed by atoms with E-state index < -0.39 is 36.7 Å². The Balaban J connectivity index is 1.61. The molecule has 36 heavy (non-hydrogen) atoms. The second-order valence-electron chi connectivity index (χ2n) is 9.30. The van der Waals surface area contributed by atoms with E-state index in [0.717, 1.165) is 44.1 Å². The number of fused-ring (bicyclic) bond motifs is 6. The third-order valence-electron chi connectivity index (χ3n) is 7.59. The maximum atomic E-state index is 16.0. The summed E-state index contributed by atoms with van der Waals surface area (Å²) in [7, 11) is 0. The summed E-state index contributed by atoms with van der Waals surface area (Å²) in [4.78, 5) is 0. The molecule has 0 amide bonds. The van der Waals surface area contributed by atoms with E-state index in [4.69, 9.17) is 0 Å². The summed E-state index contributed by atoms with van der Waals surface area (Å²) in [6, 6.07) is 29.9. The van der Waals surface area contributed by atoms with E-state index in [1.165, 1.54) is 0 Å². The van der Waals surface area contributed by atoms with Crippen LogP contribution in [0.3, 0.4) is 0 Å². The van der Waals surface area contributed by atoms with Crippen LogP contribution >= 0.6 is 0 Å². The SMILES string of the molecule is Fc1c(F)c(F)c(B2c3ccccc3-c3ccccc32)c(B2c3ccccc3-c3ccccc32)c1F. The highest BCUT2D eigenvalue weighted by molar-refractivity contribution is 7.07. The first kappa shape index (κ1) is 21.3. The van der Waals surface area contributed by atoms with Crippen molar-refractivity contribution in [1.29, 1.82) is 0 Å². The van der Waals surface area contributed by atoms with Gasteiger partial charge < -0.3 is 0 Å². The van der Waals surface area contributed by atoms with Crippen LogP contribution in [0.15, 0.2) is 97.1 Å². The summed E-state index contributed by atoms with van der Waals surface area (Å²) >= 11 is 0. The Hall–Kier alpha value is -4.05. The summed E-state index contributed by atoms with van der Waals surface area (Å²) in [5, 5.41) is 0. The predicted octanol–water partition coefficient (Wildman–Crippen LogP) is 3.24. The minimum atomic E-state index is -1.78. The van der Waals surface area contributed by atoms with Crippen molar-refractivity contribution in [3.05, 3.63) is 120 Å². The van der Waals surface area contributed by atoms with Gasteiger partial charge in [-0.15, -0.1) is 0 Å². The summed E-state index contributed by atoms with van der Waals surface area (Å²) in [6.45, 7) is -1.56. The van der Waals surface area contributed by atoms with Crippen LogP contribution < -0.4 is 32.8 Å². The zero-order valence-corrected chi connectivity index (χ0v) is 18.9. The van der Waals surface area contributed by atoms with Gasteiger partial charge in [-0.3, -0.25) is 0 Å². The van der Waals surface area contributed by atoms with E-state index in [2.05, 4.69) is 0 Å². The number of benzene rings is 5. The van der Waals surface area contributed by atoms with Crippen molar-refractivity contribution in [2.75, 3.05) is 0 Å². The zero-order chi connectivity index (χ0) is 24.6. The molecule has 170 valence electrons. The van der Waals surface area contributed by atoms with E-state index in [1.807, 2.05) is 97.1 Å². The lowest BCUT2D eigenvalue weighted by Gasteiger charge is -2.22. The lowest BCUT2D eigenvalue weighted by atomic mass is 9.30. The molecule has 0 fully saturated rings. The maximum absolute atomic E-state index is 16.0. The molecule has 7 rings (SSSR count). The van der Waals surface area contributed by atoms with Crippen molar-refractivity contribution in [2.45, 2.75) is 0 Å². The van der Waals surface area contributed by atoms with E-state index in [-0.39, 0.29) is 10.9 Å². The van der Waals surface area contributed by atoms with Gasteiger partial charge in [0.25, 0.3) is 0 Å². The first-order valence-corrected chi connectivity index (χ1v) is 11.8. The molecule has 0 atom stereocenters. The van der Waals surface area contributed by atoms with Gasteiger partial charge in [0.05, 0.1) is 0 Å². The molecule has 2 aliphatic rings. The molecule has 2 aliphatic heterocycles. The first-order chi connectivity index (χ1) is 17.6. The molecular formula is C30H16B2F4. The van der Waals surface area contributed by atoms with E-state index in [9.17, 15) is 8.78 Å². The quantitative estimate of drug-likeness (QED) is 0.156. The van der Waals surface area contributed by atoms with Gasteiger partial charge in [-0.05, 0) is 33.2 Å². The maximum Gasteiger partial charge on any atom is 0.246 e. The first-order valence-electron chi connectivity index (χ1n) is 11.8. The number of halogens is 4. The van der Waals surface area contributed by atoms with Gasteiger partial charge in [0.15, 0.2) is 23.3 Å². The van der Waals surface area contributed by atoms with Crippen LogP contribution in [0.2, 0.25) is 0 Å². The highest BCUT2D eigenvalue weighted by Crippen LogP contribution is 2.26. The Labute approximate surface area is 206 Å². The molecule has 0 aliphatic carbocycles. The van der Waals surface area contributed by atoms with Crippen molar-refractivity contribution in [3.8, 4) is 22.3 Å². The molecule has 0 saturated heterocycles. The lowest BCUT2D eigenvalue weighted by Crippen LogP contribution is -2.65. The molecule has 6 heteroatoms. The third kappa shape index (κ3) is 2.73. The molecule has 0 aromatic heterocycles. The van der Waals surface area contributed by atoms with Crippen LogP contribution in [-0.4, -0.2) is 13.4 Å². The zero-order valence-electron chi connectivity index (χ0n) is 18.9. The Kier molecular flexibility index (Phi) is 4.56. The third-order valence-corrected chi connectivity index (χ3v) is 7.59. The van der Waals surface area contributed by atoms with Crippen molar-refractivity contribution >= 4 is 46.2 Å². The van der Waals surface area contributed by atoms with E-state index in [1.54, 1.807) is 0 Å². The molecule has 5 aromatic carbocycles. The Bertz CT molecular complexity index is 1500. The van der Waals surface area contributed by atoms with Crippen LogP contribution in [0.5, 0.6) is 0 Å². The van der Waals surface area contributed by atoms with Crippen LogP contribution in [0.1, 0.15) is 0 Å². The summed E-state index contributed by atoms with van der Waals surface area (Å²) in [5.74, 6) is -6.26. The van der Waals surface area contributed by atoms with Gasteiger partial charge in [-0.1, -0.05) is 119 Å². The minimum absolute atomic E-state index is 0.152. The normalized spacial score (nSPS) is 12.9. The average Bonchev–Trinajstić information content (AvgIpc) is 3.43. The van der Waals surface area contributed by atoms with Gasteiger partial charge in [0.1, 0.15) is 0 Å². The second-order valence-corrected chi connectivity index (χ2v) is 9.30. The predicted molar refractivity (Wildman–Crippen MR) is 139 cm³/mol. The Morgan fingerprint density at radius 2 is 0.583 bits per heavy atom. The number of rotatable bonds is 2. The smallest absolute Gasteiger partial charge is 0.204 e. The summed E-state index contributed by atoms with van der Waals surface area (Å²) in [6.07, 6.45) is 0. The molecule has 0 unspecified atom stereocenters. The molecule has 2 heterocycles. The molecule has 0 N–H and O–H groups in total. The van der Waals surface area contributed by atoms with Gasteiger partial charge in [0.2, 0.25) is 13.4 Å². The van der Waals surface area contributed by atoms with Gasteiger partial charge >= 0.3 is 0 Å². The van der Waals surface area contributed by atoms with Crippen LogP contribution in [0.4, 0.5) is 17.6 Å². The van der Waals surface area contributed by atoms with Crippen LogP contribution in [0.25, 0.3) is 22.3 Å². The van der Waals surface area contributed by atoms with E-state index >= 15 is 8.78 Å². The monoisotopic (exact) mass is 474 g/mol. The molecule has 0 nitrogen and oxygen atoms in total. The molecule has 0 spiro atoms. The topological polar surface area (TPSA) is 0 Å². The van der Waals surface area contributed by atoms with E-state index in [0.29, 0.717) is 0 Å². The van der Waals surface area contributed by atoms with Gasteiger partial charge in [-0.25, -0.2) is 17.6 Å². The molecule has 0 saturated carbocycles. The summed E-state index contributed by atoms with van der Waals surface area (Å²) in [5.41, 5.74) is 6.16. The van der Waals surface area contributed by atoms with Crippen LogP contribution in [-0.2, 0) is 0 Å². The fourth-order valence-corrected chi connectivity index (χ4v) is 6.16.